The van der Waals surface area contributed by atoms with Crippen molar-refractivity contribution < 1.29 is 18.9 Å². The monoisotopic (exact) mass is 300 g/mol. The van der Waals surface area contributed by atoms with E-state index in [2.05, 4.69) is 0 Å². The molecule has 1 aliphatic heterocycles. The molecule has 1 heterocycles. The van der Waals surface area contributed by atoms with Crippen LogP contribution in [0.15, 0.2) is 60.7 Å². The Bertz CT molecular complexity index is 504. The van der Waals surface area contributed by atoms with Gasteiger partial charge in [-0.3, -0.25) is 0 Å². The average molecular weight is 300 g/mol. The molecule has 0 unspecified atom stereocenters. The van der Waals surface area contributed by atoms with E-state index in [1.165, 1.54) is 0 Å². The van der Waals surface area contributed by atoms with Gasteiger partial charge >= 0.3 is 0 Å². The number of benzene rings is 2. The summed E-state index contributed by atoms with van der Waals surface area (Å²) in [6, 6.07) is 19.5. The summed E-state index contributed by atoms with van der Waals surface area (Å²) in [5.41, 5.74) is -0.302. The van der Waals surface area contributed by atoms with E-state index in [9.17, 15) is 0 Å². The molecule has 2 aromatic carbocycles. The van der Waals surface area contributed by atoms with E-state index in [1.54, 1.807) is 0 Å². The summed E-state index contributed by atoms with van der Waals surface area (Å²) >= 11 is 0. The Morgan fingerprint density at radius 1 is 0.727 bits per heavy atom. The van der Waals surface area contributed by atoms with Crippen molar-refractivity contribution in [2.45, 2.75) is 0 Å². The highest BCUT2D eigenvalue weighted by Crippen LogP contribution is 2.26. The molecule has 2 aromatic rings. The number of rotatable bonds is 6. The summed E-state index contributed by atoms with van der Waals surface area (Å²) in [5, 5.41) is 0. The summed E-state index contributed by atoms with van der Waals surface area (Å²) in [7, 11) is 0. The van der Waals surface area contributed by atoms with Gasteiger partial charge in [-0.1, -0.05) is 36.4 Å². The van der Waals surface area contributed by atoms with Crippen LogP contribution in [0.2, 0.25) is 0 Å². The van der Waals surface area contributed by atoms with E-state index in [1.807, 2.05) is 60.7 Å². The van der Waals surface area contributed by atoms with Gasteiger partial charge in [0.05, 0.1) is 18.6 Å². The van der Waals surface area contributed by atoms with Crippen LogP contribution in [0.1, 0.15) is 0 Å². The summed E-state index contributed by atoms with van der Waals surface area (Å²) < 4.78 is 22.8. The molecule has 0 amide bonds. The molecule has 3 rings (SSSR count). The van der Waals surface area contributed by atoms with Gasteiger partial charge in [0.25, 0.3) is 0 Å². The number of ether oxygens (including phenoxy) is 4. The maximum Gasteiger partial charge on any atom is 0.146 e. The van der Waals surface area contributed by atoms with Crippen molar-refractivity contribution in [3.05, 3.63) is 60.7 Å². The van der Waals surface area contributed by atoms with Gasteiger partial charge in [0, 0.05) is 0 Å². The molecule has 0 spiro atoms. The highest BCUT2D eigenvalue weighted by atomic mass is 16.7. The van der Waals surface area contributed by atoms with E-state index in [4.69, 9.17) is 18.9 Å². The molecule has 0 saturated carbocycles. The minimum atomic E-state index is -0.302. The number of hydrogen-bond acceptors (Lipinski definition) is 4. The van der Waals surface area contributed by atoms with Crippen LogP contribution in [0.3, 0.4) is 0 Å². The second-order valence-electron chi connectivity index (χ2n) is 5.52. The van der Waals surface area contributed by atoms with Crippen molar-refractivity contribution in [2.75, 3.05) is 33.2 Å². The zero-order valence-corrected chi connectivity index (χ0v) is 12.4. The molecule has 4 heteroatoms. The molecule has 0 bridgehead atoms. The molecule has 1 saturated heterocycles. The zero-order chi connectivity index (χ0) is 15.1. The molecule has 22 heavy (non-hydrogen) atoms. The maximum atomic E-state index is 5.90. The summed E-state index contributed by atoms with van der Waals surface area (Å²) in [6.45, 7) is 2.44. The first-order valence-electron chi connectivity index (χ1n) is 7.38. The molecule has 116 valence electrons. The Morgan fingerprint density at radius 2 is 1.18 bits per heavy atom. The molecule has 0 radical (unpaired) electrons. The Kier molecular flexibility index (Phi) is 4.93. The highest BCUT2D eigenvalue weighted by Gasteiger charge is 2.36. The largest absolute Gasteiger partial charge is 0.493 e. The van der Waals surface area contributed by atoms with E-state index in [0.717, 1.165) is 11.5 Å². The first-order chi connectivity index (χ1) is 10.9. The lowest BCUT2D eigenvalue weighted by Gasteiger charge is -2.35. The van der Waals surface area contributed by atoms with Crippen LogP contribution in [0.4, 0.5) is 0 Å². The summed E-state index contributed by atoms with van der Waals surface area (Å²) in [6.07, 6.45) is 0. The smallest absolute Gasteiger partial charge is 0.146 e. The molecular formula is C18H20O4. The Balaban J connectivity index is 1.62. The number of hydrogen-bond donors (Lipinski definition) is 0. The van der Waals surface area contributed by atoms with Crippen molar-refractivity contribution in [3.8, 4) is 11.5 Å². The topological polar surface area (TPSA) is 36.9 Å². The third kappa shape index (κ3) is 4.00. The second kappa shape index (κ2) is 7.29. The van der Waals surface area contributed by atoms with Gasteiger partial charge in [0.2, 0.25) is 0 Å². The SMILES string of the molecule is c1ccc(OCC2(COc3ccccc3)COCOC2)cc1. The number of para-hydroxylation sites is 2. The molecule has 0 aromatic heterocycles. The molecule has 1 fully saturated rings. The Morgan fingerprint density at radius 3 is 1.64 bits per heavy atom. The van der Waals surface area contributed by atoms with Crippen LogP contribution in [0.25, 0.3) is 0 Å². The van der Waals surface area contributed by atoms with E-state index in [-0.39, 0.29) is 5.41 Å². The van der Waals surface area contributed by atoms with Crippen LogP contribution in [0.5, 0.6) is 11.5 Å². The van der Waals surface area contributed by atoms with Crippen LogP contribution in [-0.2, 0) is 9.47 Å². The molecule has 0 atom stereocenters. The second-order valence-corrected chi connectivity index (χ2v) is 5.52. The van der Waals surface area contributed by atoms with Gasteiger partial charge < -0.3 is 18.9 Å². The minimum absolute atomic E-state index is 0.302. The quantitative estimate of drug-likeness (QED) is 0.821. The predicted octanol–water partition coefficient (Wildman–Crippen LogP) is 3.14. The van der Waals surface area contributed by atoms with Crippen LogP contribution >= 0.6 is 0 Å². The van der Waals surface area contributed by atoms with Gasteiger partial charge in [-0.15, -0.1) is 0 Å². The standard InChI is InChI=1S/C18H20O4/c1-3-7-16(8-4-1)21-13-18(11-19-15-20-12-18)14-22-17-9-5-2-6-10-17/h1-10H,11-15H2. The van der Waals surface area contributed by atoms with Crippen molar-refractivity contribution in [1.29, 1.82) is 0 Å². The van der Waals surface area contributed by atoms with Gasteiger partial charge in [-0.25, -0.2) is 0 Å². The maximum absolute atomic E-state index is 5.90. The van der Waals surface area contributed by atoms with E-state index < -0.39 is 0 Å². The van der Waals surface area contributed by atoms with Gasteiger partial charge in [-0.05, 0) is 24.3 Å². The zero-order valence-electron chi connectivity index (χ0n) is 12.4. The van der Waals surface area contributed by atoms with Gasteiger partial charge in [-0.2, -0.15) is 0 Å². The van der Waals surface area contributed by atoms with E-state index in [0.29, 0.717) is 33.2 Å². The fourth-order valence-corrected chi connectivity index (χ4v) is 2.33. The lowest BCUT2D eigenvalue weighted by atomic mass is 9.91. The lowest BCUT2D eigenvalue weighted by Crippen LogP contribution is -2.46. The summed E-state index contributed by atoms with van der Waals surface area (Å²) in [4.78, 5) is 0. The molecule has 4 nitrogen and oxygen atoms in total. The Hall–Kier alpha value is -2.04. The van der Waals surface area contributed by atoms with Crippen molar-refractivity contribution >= 4 is 0 Å². The summed E-state index contributed by atoms with van der Waals surface area (Å²) in [5.74, 6) is 1.68. The van der Waals surface area contributed by atoms with Crippen LogP contribution < -0.4 is 9.47 Å². The van der Waals surface area contributed by atoms with Crippen molar-refractivity contribution in [1.82, 2.24) is 0 Å². The molecule has 0 aliphatic carbocycles. The third-order valence-corrected chi connectivity index (χ3v) is 3.56. The first-order valence-corrected chi connectivity index (χ1v) is 7.38. The first kappa shape index (κ1) is 14.9. The fourth-order valence-electron chi connectivity index (χ4n) is 2.33. The lowest BCUT2D eigenvalue weighted by molar-refractivity contribution is -0.182. The molecule has 0 N–H and O–H groups in total. The molecule has 1 aliphatic rings. The Labute approximate surface area is 130 Å². The van der Waals surface area contributed by atoms with Gasteiger partial charge in [0.15, 0.2) is 0 Å². The van der Waals surface area contributed by atoms with Crippen molar-refractivity contribution in [3.63, 3.8) is 0 Å². The average Bonchev–Trinajstić information content (AvgIpc) is 2.61. The highest BCUT2D eigenvalue weighted by molar-refractivity contribution is 5.22. The van der Waals surface area contributed by atoms with Gasteiger partial charge in [0.1, 0.15) is 31.5 Å². The third-order valence-electron chi connectivity index (χ3n) is 3.56. The van der Waals surface area contributed by atoms with E-state index >= 15 is 0 Å². The normalized spacial score (nSPS) is 16.9. The predicted molar refractivity (Wildman–Crippen MR) is 83.1 cm³/mol. The minimum Gasteiger partial charge on any atom is -0.493 e. The fraction of sp³-hybridized carbons (Fsp3) is 0.333. The molecular weight excluding hydrogens is 280 g/mol. The van der Waals surface area contributed by atoms with Crippen LogP contribution in [0, 0.1) is 5.41 Å². The van der Waals surface area contributed by atoms with Crippen LogP contribution in [-0.4, -0.2) is 33.2 Å². The van der Waals surface area contributed by atoms with Crippen molar-refractivity contribution in [2.24, 2.45) is 5.41 Å².